The van der Waals surface area contributed by atoms with Gasteiger partial charge in [-0.25, -0.2) is 4.39 Å². The largest absolute Gasteiger partial charge is 0.387 e. The van der Waals surface area contributed by atoms with Crippen LogP contribution in [0.2, 0.25) is 0 Å². The van der Waals surface area contributed by atoms with E-state index in [1.54, 1.807) is 12.1 Å². The highest BCUT2D eigenvalue weighted by Crippen LogP contribution is 2.08. The first-order valence-electron chi connectivity index (χ1n) is 5.56. The van der Waals surface area contributed by atoms with Gasteiger partial charge in [-0.1, -0.05) is 26.0 Å². The molecule has 88 valence electrons. The molecule has 0 spiro atoms. The molecule has 0 saturated carbocycles. The Morgan fingerprint density at radius 1 is 1.25 bits per heavy atom. The normalized spacial score (nSPS) is 14.2. The van der Waals surface area contributed by atoms with Gasteiger partial charge in [0.15, 0.2) is 0 Å². The first-order valence-corrected chi connectivity index (χ1v) is 5.56. The molecule has 1 aromatic carbocycles. The molecule has 0 bridgehead atoms. The predicted octanol–water partition coefficient (Wildman–Crippen LogP) is 2.77. The van der Waals surface area contributed by atoms with E-state index in [0.717, 1.165) is 12.0 Å². The molecule has 1 atom stereocenters. The second kappa shape index (κ2) is 5.64. The van der Waals surface area contributed by atoms with E-state index in [4.69, 9.17) is 5.73 Å². The molecule has 0 aromatic heterocycles. The van der Waals surface area contributed by atoms with Crippen molar-refractivity contribution < 1.29 is 4.39 Å². The maximum atomic E-state index is 12.7. The lowest BCUT2D eigenvalue weighted by Gasteiger charge is -2.10. The predicted molar refractivity (Wildman–Crippen MR) is 66.0 cm³/mol. The molecule has 16 heavy (non-hydrogen) atoms. The lowest BCUT2D eigenvalue weighted by molar-refractivity contribution is 0.626. The first-order chi connectivity index (χ1) is 7.49. The van der Waals surface area contributed by atoms with E-state index in [9.17, 15) is 4.39 Å². The second-order valence-corrected chi connectivity index (χ2v) is 4.39. The standard InChI is InChI=1S/C13H19FN2/c1-9(2)13(15)16-10(3)8-11-4-6-12(14)7-5-11/h4-7,9-10H,8H2,1-3H3,(H2,15,16). The van der Waals surface area contributed by atoms with Crippen molar-refractivity contribution in [2.75, 3.05) is 0 Å². The zero-order valence-electron chi connectivity index (χ0n) is 10.1. The topological polar surface area (TPSA) is 38.4 Å². The second-order valence-electron chi connectivity index (χ2n) is 4.39. The number of nitrogens with two attached hydrogens (primary N) is 1. The Hall–Kier alpha value is -1.38. The summed E-state index contributed by atoms with van der Waals surface area (Å²) in [4.78, 5) is 4.39. The highest BCUT2D eigenvalue weighted by atomic mass is 19.1. The summed E-state index contributed by atoms with van der Waals surface area (Å²) in [7, 11) is 0. The molecule has 1 unspecified atom stereocenters. The average Bonchev–Trinajstić information content (AvgIpc) is 2.21. The third-order valence-corrected chi connectivity index (χ3v) is 2.41. The summed E-state index contributed by atoms with van der Waals surface area (Å²) in [5.41, 5.74) is 6.86. The lowest BCUT2D eigenvalue weighted by Crippen LogP contribution is -2.21. The van der Waals surface area contributed by atoms with E-state index in [2.05, 4.69) is 4.99 Å². The van der Waals surface area contributed by atoms with Gasteiger partial charge >= 0.3 is 0 Å². The number of amidine groups is 1. The Kier molecular flexibility index (Phi) is 4.47. The van der Waals surface area contributed by atoms with Crippen molar-refractivity contribution in [3.8, 4) is 0 Å². The maximum absolute atomic E-state index is 12.7. The fraction of sp³-hybridized carbons (Fsp3) is 0.462. The minimum atomic E-state index is -0.207. The van der Waals surface area contributed by atoms with Crippen LogP contribution in [-0.2, 0) is 6.42 Å². The van der Waals surface area contributed by atoms with Crippen molar-refractivity contribution in [2.24, 2.45) is 16.6 Å². The average molecular weight is 222 g/mol. The SMILES string of the molecule is CC(Cc1ccc(F)cc1)N=C(N)C(C)C. The number of aliphatic imine (C=N–C) groups is 1. The third-order valence-electron chi connectivity index (χ3n) is 2.41. The Morgan fingerprint density at radius 2 is 1.81 bits per heavy atom. The molecule has 1 aromatic rings. The Morgan fingerprint density at radius 3 is 2.31 bits per heavy atom. The van der Waals surface area contributed by atoms with Crippen molar-refractivity contribution in [3.05, 3.63) is 35.6 Å². The van der Waals surface area contributed by atoms with Crippen molar-refractivity contribution in [3.63, 3.8) is 0 Å². The van der Waals surface area contributed by atoms with Gasteiger partial charge in [0.05, 0.1) is 11.9 Å². The molecule has 0 amide bonds. The Labute approximate surface area is 96.4 Å². The van der Waals surface area contributed by atoms with Crippen LogP contribution in [0.25, 0.3) is 0 Å². The van der Waals surface area contributed by atoms with Crippen LogP contribution in [0.15, 0.2) is 29.3 Å². The summed E-state index contributed by atoms with van der Waals surface area (Å²) in [6.07, 6.45) is 0.785. The van der Waals surface area contributed by atoms with Crippen LogP contribution in [-0.4, -0.2) is 11.9 Å². The molecule has 1 rings (SSSR count). The van der Waals surface area contributed by atoms with E-state index in [0.29, 0.717) is 5.84 Å². The summed E-state index contributed by atoms with van der Waals surface area (Å²) >= 11 is 0. The summed E-state index contributed by atoms with van der Waals surface area (Å²) in [5, 5.41) is 0. The number of hydrogen-bond acceptors (Lipinski definition) is 1. The van der Waals surface area contributed by atoms with Gasteiger partial charge in [-0.2, -0.15) is 0 Å². The summed E-state index contributed by atoms with van der Waals surface area (Å²) < 4.78 is 12.7. The van der Waals surface area contributed by atoms with Gasteiger partial charge < -0.3 is 5.73 Å². The van der Waals surface area contributed by atoms with Gasteiger partial charge in [-0.05, 0) is 31.0 Å². The minimum absolute atomic E-state index is 0.132. The number of nitrogens with zero attached hydrogens (tertiary/aromatic N) is 1. The zero-order chi connectivity index (χ0) is 12.1. The van der Waals surface area contributed by atoms with Gasteiger partial charge in [0, 0.05) is 5.92 Å². The number of benzene rings is 1. The first kappa shape index (κ1) is 12.7. The van der Waals surface area contributed by atoms with E-state index in [1.807, 2.05) is 20.8 Å². The van der Waals surface area contributed by atoms with Gasteiger partial charge in [0.2, 0.25) is 0 Å². The molecule has 0 saturated heterocycles. The molecule has 2 nitrogen and oxygen atoms in total. The van der Waals surface area contributed by atoms with E-state index < -0.39 is 0 Å². The van der Waals surface area contributed by atoms with E-state index in [-0.39, 0.29) is 17.8 Å². The fourth-order valence-corrected chi connectivity index (χ4v) is 1.41. The van der Waals surface area contributed by atoms with Gasteiger partial charge in [-0.3, -0.25) is 4.99 Å². The van der Waals surface area contributed by atoms with Crippen LogP contribution in [0.3, 0.4) is 0 Å². The Balaban J connectivity index is 2.61. The molecular formula is C13H19FN2. The van der Waals surface area contributed by atoms with Crippen molar-refractivity contribution >= 4 is 5.84 Å². The molecule has 0 aliphatic carbocycles. The van der Waals surface area contributed by atoms with Crippen LogP contribution < -0.4 is 5.73 Å². The monoisotopic (exact) mass is 222 g/mol. The quantitative estimate of drug-likeness (QED) is 0.617. The molecule has 0 aliphatic heterocycles. The molecule has 0 radical (unpaired) electrons. The fourth-order valence-electron chi connectivity index (χ4n) is 1.41. The minimum Gasteiger partial charge on any atom is -0.387 e. The van der Waals surface area contributed by atoms with Crippen molar-refractivity contribution in [1.82, 2.24) is 0 Å². The molecule has 0 heterocycles. The lowest BCUT2D eigenvalue weighted by atomic mass is 10.1. The van der Waals surface area contributed by atoms with Gasteiger partial charge in [0.25, 0.3) is 0 Å². The Bertz CT molecular complexity index is 355. The highest BCUT2D eigenvalue weighted by Gasteiger charge is 2.05. The van der Waals surface area contributed by atoms with Crippen molar-refractivity contribution in [1.29, 1.82) is 0 Å². The van der Waals surface area contributed by atoms with Crippen LogP contribution in [0.5, 0.6) is 0 Å². The van der Waals surface area contributed by atoms with Crippen LogP contribution in [0.1, 0.15) is 26.3 Å². The summed E-state index contributed by atoms with van der Waals surface area (Å²) in [5.74, 6) is 0.742. The maximum Gasteiger partial charge on any atom is 0.123 e. The van der Waals surface area contributed by atoms with Gasteiger partial charge in [0.1, 0.15) is 5.82 Å². The number of halogens is 1. The van der Waals surface area contributed by atoms with Crippen LogP contribution in [0, 0.1) is 11.7 Å². The number of hydrogen-bond donors (Lipinski definition) is 1. The third kappa shape index (κ3) is 4.01. The molecule has 2 N–H and O–H groups in total. The smallest absolute Gasteiger partial charge is 0.123 e. The summed E-state index contributed by atoms with van der Waals surface area (Å²) in [6.45, 7) is 6.05. The zero-order valence-corrected chi connectivity index (χ0v) is 10.1. The van der Waals surface area contributed by atoms with E-state index >= 15 is 0 Å². The van der Waals surface area contributed by atoms with Crippen LogP contribution in [0.4, 0.5) is 4.39 Å². The molecular weight excluding hydrogens is 203 g/mol. The molecule has 0 fully saturated rings. The van der Waals surface area contributed by atoms with Crippen LogP contribution >= 0.6 is 0 Å². The summed E-state index contributed by atoms with van der Waals surface area (Å²) in [6, 6.07) is 6.64. The van der Waals surface area contributed by atoms with E-state index in [1.165, 1.54) is 12.1 Å². The van der Waals surface area contributed by atoms with Crippen molar-refractivity contribution in [2.45, 2.75) is 33.2 Å². The van der Waals surface area contributed by atoms with Gasteiger partial charge in [-0.15, -0.1) is 0 Å². The highest BCUT2D eigenvalue weighted by molar-refractivity contribution is 5.82. The number of rotatable bonds is 4. The molecule has 3 heteroatoms. The molecule has 0 aliphatic rings.